The summed E-state index contributed by atoms with van der Waals surface area (Å²) in [6.45, 7) is 0. The summed E-state index contributed by atoms with van der Waals surface area (Å²) >= 11 is 0. The zero-order valence-corrected chi connectivity index (χ0v) is 13.9. The van der Waals surface area contributed by atoms with Crippen LogP contribution in [0.3, 0.4) is 0 Å². The molecule has 0 bridgehead atoms. The molecule has 1 heterocycles. The van der Waals surface area contributed by atoms with Gasteiger partial charge in [-0.3, -0.25) is 4.79 Å². The van der Waals surface area contributed by atoms with Crippen LogP contribution in [0.4, 0.5) is 0 Å². The molecule has 122 valence electrons. The monoisotopic (exact) mass is 333 g/mol. The number of hydrogen-bond donors (Lipinski definition) is 2. The lowest BCUT2D eigenvalue weighted by Crippen LogP contribution is -2.28. The Labute approximate surface area is 135 Å². The number of aryl methyl sites for hydroxylation is 2. The molecule has 7 heteroatoms. The van der Waals surface area contributed by atoms with E-state index >= 15 is 0 Å². The maximum Gasteiger partial charge on any atom is 0.268 e. The Morgan fingerprint density at radius 2 is 2.04 bits per heavy atom. The minimum absolute atomic E-state index is 0.0297. The lowest BCUT2D eigenvalue weighted by Gasteiger charge is -2.14. The van der Waals surface area contributed by atoms with Gasteiger partial charge in [0.2, 0.25) is 10.0 Å². The maximum absolute atomic E-state index is 12.5. The van der Waals surface area contributed by atoms with Crippen molar-refractivity contribution in [3.8, 4) is 0 Å². The smallest absolute Gasteiger partial charge is 0.268 e. The van der Waals surface area contributed by atoms with Gasteiger partial charge in [-0.05, 0) is 37.1 Å². The summed E-state index contributed by atoms with van der Waals surface area (Å²) < 4.78 is 27.5. The molecule has 1 amide bonds. The molecule has 1 aliphatic carbocycles. The van der Waals surface area contributed by atoms with Crippen molar-refractivity contribution in [2.75, 3.05) is 7.05 Å². The zero-order valence-electron chi connectivity index (χ0n) is 13.0. The molecule has 0 spiro atoms. The van der Waals surface area contributed by atoms with E-state index in [1.54, 1.807) is 7.05 Å². The Bertz CT molecular complexity index is 855. The van der Waals surface area contributed by atoms with Crippen LogP contribution in [-0.2, 0) is 23.5 Å². The second-order valence-corrected chi connectivity index (χ2v) is 7.53. The molecular weight excluding hydrogens is 314 g/mol. The molecule has 0 saturated heterocycles. The molecule has 1 atom stereocenters. The number of aromatic nitrogens is 1. The standard InChI is InChI=1S/C16H19N3O3S/c1-17-23(21,22)12-9-15(19(2)10-12)16(20)18-14-8-7-11-5-3-4-6-13(11)14/h3-6,9-10,14,17H,7-8H2,1-2H3,(H,18,20). The van der Waals surface area contributed by atoms with E-state index in [0.29, 0.717) is 5.69 Å². The molecule has 0 radical (unpaired) electrons. The number of hydrogen-bond acceptors (Lipinski definition) is 3. The Morgan fingerprint density at radius 1 is 1.30 bits per heavy atom. The van der Waals surface area contributed by atoms with Crippen molar-refractivity contribution < 1.29 is 13.2 Å². The van der Waals surface area contributed by atoms with Crippen LogP contribution < -0.4 is 10.0 Å². The van der Waals surface area contributed by atoms with Crippen LogP contribution in [0.15, 0.2) is 41.4 Å². The van der Waals surface area contributed by atoms with E-state index in [0.717, 1.165) is 18.4 Å². The summed E-state index contributed by atoms with van der Waals surface area (Å²) in [7, 11) is -0.556. The third-order valence-corrected chi connectivity index (χ3v) is 5.61. The lowest BCUT2D eigenvalue weighted by atomic mass is 10.1. The van der Waals surface area contributed by atoms with Crippen molar-refractivity contribution in [1.82, 2.24) is 14.6 Å². The fourth-order valence-corrected chi connectivity index (χ4v) is 3.76. The molecule has 2 N–H and O–H groups in total. The molecule has 1 aromatic carbocycles. The van der Waals surface area contributed by atoms with Gasteiger partial charge in [0.15, 0.2) is 0 Å². The van der Waals surface area contributed by atoms with E-state index in [-0.39, 0.29) is 16.8 Å². The van der Waals surface area contributed by atoms with Gasteiger partial charge >= 0.3 is 0 Å². The highest BCUT2D eigenvalue weighted by molar-refractivity contribution is 7.89. The first-order chi connectivity index (χ1) is 10.9. The fourth-order valence-electron chi connectivity index (χ4n) is 2.96. The highest BCUT2D eigenvalue weighted by atomic mass is 32.2. The van der Waals surface area contributed by atoms with E-state index in [1.165, 1.54) is 29.4 Å². The first-order valence-electron chi connectivity index (χ1n) is 7.41. The SMILES string of the molecule is CNS(=O)(=O)c1cc(C(=O)NC2CCc3ccccc32)n(C)c1. The summed E-state index contributed by atoms with van der Waals surface area (Å²) in [6, 6.07) is 9.41. The average molecular weight is 333 g/mol. The summed E-state index contributed by atoms with van der Waals surface area (Å²) in [4.78, 5) is 12.6. The minimum atomic E-state index is -3.56. The van der Waals surface area contributed by atoms with Gasteiger partial charge in [0.25, 0.3) is 5.91 Å². The first-order valence-corrected chi connectivity index (χ1v) is 8.89. The van der Waals surface area contributed by atoms with Crippen molar-refractivity contribution in [2.45, 2.75) is 23.8 Å². The Morgan fingerprint density at radius 3 is 2.78 bits per heavy atom. The van der Waals surface area contributed by atoms with Crippen molar-refractivity contribution in [3.05, 3.63) is 53.3 Å². The highest BCUT2D eigenvalue weighted by Gasteiger charge is 2.25. The number of amides is 1. The fraction of sp³-hybridized carbons (Fsp3) is 0.312. The van der Waals surface area contributed by atoms with Gasteiger partial charge in [-0.15, -0.1) is 0 Å². The molecule has 0 aliphatic heterocycles. The summed E-state index contributed by atoms with van der Waals surface area (Å²) in [5.41, 5.74) is 2.71. The molecule has 1 unspecified atom stereocenters. The zero-order chi connectivity index (χ0) is 16.6. The minimum Gasteiger partial charge on any atom is -0.345 e. The number of nitrogens with one attached hydrogen (secondary N) is 2. The Kier molecular flexibility index (Phi) is 3.99. The number of carbonyl (C=O) groups excluding carboxylic acids is 1. The third-order valence-electron chi connectivity index (χ3n) is 4.23. The van der Waals surface area contributed by atoms with E-state index in [4.69, 9.17) is 0 Å². The normalized spacial score (nSPS) is 17.0. The topological polar surface area (TPSA) is 80.2 Å². The molecule has 0 saturated carbocycles. The number of fused-ring (bicyclic) bond motifs is 1. The lowest BCUT2D eigenvalue weighted by molar-refractivity contribution is 0.0928. The van der Waals surface area contributed by atoms with Gasteiger partial charge in [-0.2, -0.15) is 0 Å². The van der Waals surface area contributed by atoms with Crippen LogP contribution in [0.5, 0.6) is 0 Å². The molecule has 6 nitrogen and oxygen atoms in total. The van der Waals surface area contributed by atoms with Gasteiger partial charge in [0.05, 0.1) is 6.04 Å². The van der Waals surface area contributed by atoms with Crippen molar-refractivity contribution in [2.24, 2.45) is 7.05 Å². The number of carbonyl (C=O) groups is 1. The predicted molar refractivity (Wildman–Crippen MR) is 86.6 cm³/mol. The van der Waals surface area contributed by atoms with Crippen LogP contribution >= 0.6 is 0 Å². The molecular formula is C16H19N3O3S. The van der Waals surface area contributed by atoms with Crippen LogP contribution in [0.1, 0.15) is 34.1 Å². The molecule has 1 aromatic heterocycles. The van der Waals surface area contributed by atoms with Gasteiger partial charge in [0, 0.05) is 13.2 Å². The Balaban J connectivity index is 1.83. The van der Waals surface area contributed by atoms with Crippen LogP contribution in [0, 0.1) is 0 Å². The second kappa shape index (κ2) is 5.82. The number of nitrogens with zero attached hydrogens (tertiary/aromatic N) is 1. The van der Waals surface area contributed by atoms with E-state index in [9.17, 15) is 13.2 Å². The van der Waals surface area contributed by atoms with Crippen LogP contribution in [-0.4, -0.2) is 25.9 Å². The number of rotatable bonds is 4. The van der Waals surface area contributed by atoms with Gasteiger partial charge in [0.1, 0.15) is 10.6 Å². The van der Waals surface area contributed by atoms with Gasteiger partial charge in [-0.1, -0.05) is 24.3 Å². The molecule has 23 heavy (non-hydrogen) atoms. The quantitative estimate of drug-likeness (QED) is 0.886. The second-order valence-electron chi connectivity index (χ2n) is 5.64. The maximum atomic E-state index is 12.5. The summed E-state index contributed by atoms with van der Waals surface area (Å²) in [6.07, 6.45) is 3.23. The average Bonchev–Trinajstić information content (AvgIpc) is 3.12. The van der Waals surface area contributed by atoms with Gasteiger partial charge < -0.3 is 9.88 Å². The Hall–Kier alpha value is -2.12. The van der Waals surface area contributed by atoms with E-state index < -0.39 is 10.0 Å². The van der Waals surface area contributed by atoms with E-state index in [2.05, 4.69) is 16.1 Å². The molecule has 3 rings (SSSR count). The van der Waals surface area contributed by atoms with Crippen LogP contribution in [0.25, 0.3) is 0 Å². The molecule has 0 fully saturated rings. The van der Waals surface area contributed by atoms with Crippen molar-refractivity contribution in [3.63, 3.8) is 0 Å². The number of benzene rings is 1. The summed E-state index contributed by atoms with van der Waals surface area (Å²) in [5.74, 6) is -0.272. The van der Waals surface area contributed by atoms with Crippen molar-refractivity contribution >= 4 is 15.9 Å². The van der Waals surface area contributed by atoms with E-state index in [1.807, 2.05) is 18.2 Å². The predicted octanol–water partition coefficient (Wildman–Crippen LogP) is 1.35. The molecule has 1 aliphatic rings. The summed E-state index contributed by atoms with van der Waals surface area (Å²) in [5, 5.41) is 3.00. The van der Waals surface area contributed by atoms with Gasteiger partial charge in [-0.25, -0.2) is 13.1 Å². The highest BCUT2D eigenvalue weighted by Crippen LogP contribution is 2.31. The largest absolute Gasteiger partial charge is 0.345 e. The van der Waals surface area contributed by atoms with Crippen molar-refractivity contribution in [1.29, 1.82) is 0 Å². The third kappa shape index (κ3) is 2.89. The van der Waals surface area contributed by atoms with Crippen LogP contribution in [0.2, 0.25) is 0 Å². The molecule has 2 aromatic rings. The number of sulfonamides is 1. The first kappa shape index (κ1) is 15.8.